The van der Waals surface area contributed by atoms with E-state index >= 15 is 0 Å². The highest BCUT2D eigenvalue weighted by Crippen LogP contribution is 2.32. The third kappa shape index (κ3) is 4.91. The summed E-state index contributed by atoms with van der Waals surface area (Å²) >= 11 is -2.24. The highest BCUT2D eigenvalue weighted by molar-refractivity contribution is 7.79. The van der Waals surface area contributed by atoms with Gasteiger partial charge in [-0.1, -0.05) is 84.7 Å². The monoisotopic (exact) mass is 410 g/mol. The molecule has 3 aromatic rings. The van der Waals surface area contributed by atoms with Gasteiger partial charge in [-0.05, 0) is 40.3 Å². The zero-order chi connectivity index (χ0) is 21.0. The van der Waals surface area contributed by atoms with Crippen molar-refractivity contribution in [2.24, 2.45) is 17.2 Å². The predicted octanol–water partition coefficient (Wildman–Crippen LogP) is 2.85. The number of hydrogen-bond donors (Lipinski definition) is 3. The van der Waals surface area contributed by atoms with Crippen LogP contribution in [0.1, 0.15) is 36.2 Å². The fourth-order valence-electron chi connectivity index (χ4n) is 3.87. The third-order valence-electron chi connectivity index (χ3n) is 5.70. The van der Waals surface area contributed by atoms with Gasteiger partial charge in [0, 0.05) is 17.2 Å². The summed E-state index contributed by atoms with van der Waals surface area (Å²) in [4.78, 5) is 0. The maximum absolute atomic E-state index is 12.2. The van der Waals surface area contributed by atoms with Crippen molar-refractivity contribution in [2.45, 2.75) is 36.6 Å². The number of hydrogen-bond acceptors (Lipinski definition) is 5. The molecule has 0 aliphatic carbocycles. The Hall–Kier alpha value is -2.09. The average molecular weight is 411 g/mol. The lowest BCUT2D eigenvalue weighted by Crippen LogP contribution is -2.38. The van der Waals surface area contributed by atoms with Crippen molar-refractivity contribution in [2.75, 3.05) is 6.54 Å². The van der Waals surface area contributed by atoms with Crippen molar-refractivity contribution in [3.8, 4) is 0 Å². The first-order valence-corrected chi connectivity index (χ1v) is 10.8. The molecule has 0 heterocycles. The number of benzene rings is 3. The molecule has 5 nitrogen and oxygen atoms in total. The van der Waals surface area contributed by atoms with Crippen LogP contribution in [-0.4, -0.2) is 20.6 Å². The lowest BCUT2D eigenvalue weighted by molar-refractivity contribution is 0.417. The zero-order valence-electron chi connectivity index (χ0n) is 16.6. The van der Waals surface area contributed by atoms with E-state index in [2.05, 4.69) is 0 Å². The molecule has 0 aliphatic rings. The van der Waals surface area contributed by atoms with Gasteiger partial charge in [-0.3, -0.25) is 4.21 Å². The molecule has 0 aliphatic heterocycles. The maximum atomic E-state index is 12.2. The third-order valence-corrected chi connectivity index (χ3v) is 6.57. The second kappa shape index (κ2) is 9.15. The van der Waals surface area contributed by atoms with Gasteiger partial charge in [-0.2, -0.15) is 0 Å². The standard InChI is InChI=1S/C23H29N3O2S/c1-23(15-24,19-10-5-9-18(12-19)22(25)26)14-20(29(27)28)13-17-8-4-7-16-6-2-3-11-21(16)17/h2-12,20,22H,13-15,24-26H2,1H3,(H,27,28)/p-1. The fraction of sp³-hybridized carbons (Fsp3) is 0.304. The van der Waals surface area contributed by atoms with Crippen LogP contribution < -0.4 is 17.2 Å². The van der Waals surface area contributed by atoms with E-state index < -0.39 is 27.9 Å². The van der Waals surface area contributed by atoms with E-state index in [4.69, 9.17) is 17.2 Å². The Morgan fingerprint density at radius 2 is 1.72 bits per heavy atom. The van der Waals surface area contributed by atoms with Crippen LogP contribution in [0.25, 0.3) is 10.8 Å². The lowest BCUT2D eigenvalue weighted by atomic mass is 9.77. The molecular weight excluding hydrogens is 382 g/mol. The molecule has 29 heavy (non-hydrogen) atoms. The van der Waals surface area contributed by atoms with E-state index in [0.29, 0.717) is 19.4 Å². The molecular formula is C23H28N3O2S-. The summed E-state index contributed by atoms with van der Waals surface area (Å²) < 4.78 is 24.3. The van der Waals surface area contributed by atoms with Crippen LogP contribution >= 0.6 is 0 Å². The number of fused-ring (bicyclic) bond motifs is 1. The van der Waals surface area contributed by atoms with Gasteiger partial charge in [0.25, 0.3) is 0 Å². The summed E-state index contributed by atoms with van der Waals surface area (Å²) in [6.45, 7) is 2.32. The van der Waals surface area contributed by atoms with Crippen molar-refractivity contribution < 1.29 is 8.76 Å². The van der Waals surface area contributed by atoms with Gasteiger partial charge >= 0.3 is 0 Å². The Labute approximate surface area is 174 Å². The van der Waals surface area contributed by atoms with Crippen molar-refractivity contribution in [1.29, 1.82) is 0 Å². The molecule has 3 rings (SSSR count). The molecule has 3 aromatic carbocycles. The molecule has 0 spiro atoms. The van der Waals surface area contributed by atoms with Crippen molar-refractivity contribution in [3.05, 3.63) is 83.4 Å². The number of rotatable bonds is 8. The van der Waals surface area contributed by atoms with E-state index in [9.17, 15) is 8.76 Å². The summed E-state index contributed by atoms with van der Waals surface area (Å²) in [5.41, 5.74) is 20.0. The predicted molar refractivity (Wildman–Crippen MR) is 119 cm³/mol. The SMILES string of the molecule is CC(CN)(CC(Cc1cccc2ccccc12)S(=O)[O-])c1cccc(C(N)N)c1. The first-order valence-electron chi connectivity index (χ1n) is 9.70. The average Bonchev–Trinajstić information content (AvgIpc) is 2.73. The van der Waals surface area contributed by atoms with Crippen LogP contribution in [0.2, 0.25) is 0 Å². The van der Waals surface area contributed by atoms with Crippen LogP contribution in [0.3, 0.4) is 0 Å². The molecule has 3 atom stereocenters. The Balaban J connectivity index is 1.92. The molecule has 0 saturated heterocycles. The van der Waals surface area contributed by atoms with Crippen LogP contribution in [0, 0.1) is 0 Å². The largest absolute Gasteiger partial charge is 0.772 e. The van der Waals surface area contributed by atoms with E-state index in [1.165, 1.54) is 0 Å². The Morgan fingerprint density at radius 1 is 1.03 bits per heavy atom. The molecule has 0 aromatic heterocycles. The van der Waals surface area contributed by atoms with Crippen molar-refractivity contribution in [3.63, 3.8) is 0 Å². The summed E-state index contributed by atoms with van der Waals surface area (Å²) in [7, 11) is 0. The van der Waals surface area contributed by atoms with Crippen LogP contribution in [-0.2, 0) is 22.9 Å². The maximum Gasteiger partial charge on any atom is 0.0784 e. The fourth-order valence-corrected chi connectivity index (χ4v) is 4.69. The molecule has 0 saturated carbocycles. The lowest BCUT2D eigenvalue weighted by Gasteiger charge is -2.34. The smallest absolute Gasteiger partial charge is 0.0784 e. The van der Waals surface area contributed by atoms with Crippen LogP contribution in [0.4, 0.5) is 0 Å². The quantitative estimate of drug-likeness (QED) is 0.390. The van der Waals surface area contributed by atoms with Gasteiger partial charge in [0.2, 0.25) is 0 Å². The summed E-state index contributed by atoms with van der Waals surface area (Å²) in [5.74, 6) is 0. The highest BCUT2D eigenvalue weighted by atomic mass is 32.2. The molecule has 3 unspecified atom stereocenters. The Kier molecular flexibility index (Phi) is 6.82. The Bertz CT molecular complexity index is 1000. The zero-order valence-corrected chi connectivity index (χ0v) is 17.4. The summed E-state index contributed by atoms with van der Waals surface area (Å²) in [6, 6.07) is 21.7. The first kappa shape index (κ1) is 21.6. The van der Waals surface area contributed by atoms with E-state index in [-0.39, 0.29) is 0 Å². The molecule has 6 heteroatoms. The van der Waals surface area contributed by atoms with E-state index in [1.807, 2.05) is 73.7 Å². The molecule has 0 fully saturated rings. The topological polar surface area (TPSA) is 118 Å². The minimum absolute atomic E-state index is 0.319. The minimum atomic E-state index is -2.24. The molecule has 0 radical (unpaired) electrons. The van der Waals surface area contributed by atoms with Gasteiger partial charge in [0.1, 0.15) is 0 Å². The normalized spacial score (nSPS) is 15.9. The van der Waals surface area contributed by atoms with Crippen molar-refractivity contribution in [1.82, 2.24) is 0 Å². The summed E-state index contributed by atoms with van der Waals surface area (Å²) in [6.07, 6.45) is 0.256. The van der Waals surface area contributed by atoms with Gasteiger partial charge in [0.15, 0.2) is 0 Å². The molecule has 6 N–H and O–H groups in total. The minimum Gasteiger partial charge on any atom is -0.772 e. The molecule has 0 amide bonds. The van der Waals surface area contributed by atoms with Crippen LogP contribution in [0.15, 0.2) is 66.7 Å². The van der Waals surface area contributed by atoms with Gasteiger partial charge in [-0.15, -0.1) is 0 Å². The second-order valence-corrected chi connectivity index (χ2v) is 9.03. The Morgan fingerprint density at radius 3 is 2.41 bits per heavy atom. The van der Waals surface area contributed by atoms with Gasteiger partial charge in [0.05, 0.1) is 6.17 Å². The first-order chi connectivity index (χ1) is 13.8. The number of nitrogens with two attached hydrogens (primary N) is 3. The van der Waals surface area contributed by atoms with Crippen LogP contribution in [0.5, 0.6) is 0 Å². The molecule has 0 bridgehead atoms. The highest BCUT2D eigenvalue weighted by Gasteiger charge is 2.30. The van der Waals surface area contributed by atoms with E-state index in [1.54, 1.807) is 0 Å². The van der Waals surface area contributed by atoms with E-state index in [0.717, 1.165) is 27.5 Å². The molecule has 154 valence electrons. The second-order valence-electron chi connectivity index (χ2n) is 7.85. The summed E-state index contributed by atoms with van der Waals surface area (Å²) in [5, 5.41) is 1.62. The van der Waals surface area contributed by atoms with Gasteiger partial charge < -0.3 is 21.8 Å². The van der Waals surface area contributed by atoms with Gasteiger partial charge in [-0.25, -0.2) is 0 Å². The van der Waals surface area contributed by atoms with Crippen molar-refractivity contribution >= 4 is 21.9 Å².